The fourth-order valence-electron chi connectivity index (χ4n) is 5.80. The summed E-state index contributed by atoms with van der Waals surface area (Å²) in [7, 11) is 0. The molecule has 0 fully saturated rings. The average Bonchev–Trinajstić information content (AvgIpc) is 3.78. The first kappa shape index (κ1) is 28.5. The van der Waals surface area contributed by atoms with E-state index < -0.39 is 0 Å². The van der Waals surface area contributed by atoms with Crippen LogP contribution < -0.4 is 0 Å². The third-order valence-corrected chi connectivity index (χ3v) is 35.9. The van der Waals surface area contributed by atoms with E-state index in [1.54, 1.807) is 105 Å². The summed E-state index contributed by atoms with van der Waals surface area (Å²) >= 11 is 4.18. The van der Waals surface area contributed by atoms with Gasteiger partial charge in [-0.15, -0.1) is 0 Å². The van der Waals surface area contributed by atoms with Crippen molar-refractivity contribution in [2.45, 2.75) is 55.4 Å². The second kappa shape index (κ2) is 10.3. The van der Waals surface area contributed by atoms with Gasteiger partial charge in [0.2, 0.25) is 0 Å². The molecule has 0 aromatic carbocycles. The predicted molar refractivity (Wildman–Crippen MR) is 186 cm³/mol. The average molecular weight is 1040 g/mol. The van der Waals surface area contributed by atoms with Gasteiger partial charge in [-0.3, -0.25) is 0 Å². The van der Waals surface area contributed by atoms with Crippen molar-refractivity contribution in [1.29, 1.82) is 0 Å². The third-order valence-electron chi connectivity index (χ3n) is 8.18. The number of fused-ring (bicyclic) bond motifs is 4. The molecule has 0 aliphatic rings. The second-order valence-electron chi connectivity index (χ2n) is 10.8. The molecular weight excluding hydrogens is 1020 g/mol. The van der Waals surface area contributed by atoms with E-state index in [9.17, 15) is 0 Å². The molecule has 0 aliphatic heterocycles. The molecule has 202 valence electrons. The topological polar surface area (TPSA) is 0 Å². The van der Waals surface area contributed by atoms with E-state index in [2.05, 4.69) is 65.3 Å². The van der Waals surface area contributed by atoms with E-state index in [0.29, 0.717) is 116 Å². The van der Waals surface area contributed by atoms with Crippen molar-refractivity contribution in [3.05, 3.63) is 54.4 Å². The number of aryl methyl sites for hydroxylation is 8. The summed E-state index contributed by atoms with van der Waals surface area (Å²) in [6, 6.07) is 0. The molecule has 8 aromatic heterocycles. The Kier molecular flexibility index (Phi) is 7.33. The first-order valence-electron chi connectivity index (χ1n) is 13.2. The molecule has 0 bridgehead atoms. The van der Waals surface area contributed by atoms with Crippen molar-refractivity contribution < 1.29 is 0 Å². The summed E-state index contributed by atoms with van der Waals surface area (Å²) in [6.45, 7) is 19.5. The molecule has 0 saturated heterocycles. The molecule has 0 N–H and O–H groups in total. The van der Waals surface area contributed by atoms with Gasteiger partial charge in [0.25, 0.3) is 0 Å². The maximum absolute atomic E-state index is 2.52. The molecule has 0 radical (unpaired) electrons. The van der Waals surface area contributed by atoms with E-state index in [1.165, 1.54) is 0 Å². The van der Waals surface area contributed by atoms with Crippen LogP contribution in [-0.2, 0) is 0 Å². The van der Waals surface area contributed by atoms with Gasteiger partial charge in [-0.1, -0.05) is 0 Å². The van der Waals surface area contributed by atoms with Crippen LogP contribution >= 0.6 is 0 Å². The third kappa shape index (κ3) is 3.99. The van der Waals surface area contributed by atoms with Gasteiger partial charge in [0.15, 0.2) is 0 Å². The molecule has 0 saturated carbocycles. The molecule has 0 unspecified atom stereocenters. The van der Waals surface area contributed by atoms with Crippen molar-refractivity contribution in [2.75, 3.05) is 0 Å². The summed E-state index contributed by atoms with van der Waals surface area (Å²) in [5.74, 6) is 0. The van der Waals surface area contributed by atoms with Crippen LogP contribution in [0.15, 0.2) is 9.88 Å². The fraction of sp³-hybridized carbons (Fsp3) is 0.250. The van der Waals surface area contributed by atoms with Crippen molar-refractivity contribution in [3.8, 4) is 26.6 Å². The van der Waals surface area contributed by atoms with Crippen LogP contribution in [0.4, 0.5) is 0 Å². The van der Waals surface area contributed by atoms with E-state index in [4.69, 9.17) is 0 Å². The number of hydrogen-bond donors (Lipinski definition) is 0. The molecule has 8 heteroatoms. The van der Waals surface area contributed by atoms with Crippen molar-refractivity contribution in [2.24, 2.45) is 0 Å². The molecular formula is C32H26Se8. The maximum atomic E-state index is 2.52. The van der Waals surface area contributed by atoms with Crippen molar-refractivity contribution >= 4 is 150 Å². The normalized spacial score (nSPS) is 12.5. The molecule has 0 spiro atoms. The summed E-state index contributed by atoms with van der Waals surface area (Å²) in [5.41, 5.74) is 13.2. The molecule has 0 atom stereocenters. The predicted octanol–water partition coefficient (Wildman–Crippen LogP) is 6.22. The van der Waals surface area contributed by atoms with Gasteiger partial charge in [-0.25, -0.2) is 0 Å². The molecule has 0 aliphatic carbocycles. The van der Waals surface area contributed by atoms with Crippen LogP contribution in [0.5, 0.6) is 0 Å². The quantitative estimate of drug-likeness (QED) is 0.185. The van der Waals surface area contributed by atoms with Crippen LogP contribution in [0, 0.1) is 55.4 Å². The summed E-state index contributed by atoms with van der Waals surface area (Å²) in [6.07, 6.45) is 0. The van der Waals surface area contributed by atoms with Crippen LogP contribution in [0.1, 0.15) is 44.5 Å². The van der Waals surface area contributed by atoms with Crippen LogP contribution in [0.3, 0.4) is 0 Å². The SMILES string of the molecule is Cc1c[se]c2c(C)c(-c3[se]c4c(C)c(-c5[se]c6c(C)c(-c7[se]c8c(C)c[se]c8c7C)[se]c6c5C)[se]c4c3C)[se]c12. The Morgan fingerprint density at radius 2 is 0.525 bits per heavy atom. The zero-order valence-electron chi connectivity index (χ0n) is 23.4. The molecule has 0 nitrogen and oxygen atoms in total. The second-order valence-corrected chi connectivity index (χ2v) is 27.3. The molecule has 8 heterocycles. The monoisotopic (exact) mass is 1050 g/mol. The summed E-state index contributed by atoms with van der Waals surface area (Å²) in [5, 5.41) is 0. The van der Waals surface area contributed by atoms with Gasteiger partial charge >= 0.3 is 287 Å². The van der Waals surface area contributed by atoms with Gasteiger partial charge in [-0.2, -0.15) is 0 Å². The standard InChI is InChI=1S/C32H26Se8/c1-11-9-33-21-13(3)23(35-19(11)21)25-15(5)27-29(37-25)17(7)31(39-27)32-18(8)30-28(40-32)16(6)26(38-30)24-14(4)22-20(36-24)12(2)10-34-22/h9-10H,1-8H3. The Hall–Kier alpha value is 1.04. The molecule has 8 rings (SSSR count). The van der Waals surface area contributed by atoms with Crippen molar-refractivity contribution in [3.63, 3.8) is 0 Å². The van der Waals surface area contributed by atoms with Crippen molar-refractivity contribution in [1.82, 2.24) is 0 Å². The summed E-state index contributed by atoms with van der Waals surface area (Å²) in [4.78, 5) is 5.03. The molecule has 0 amide bonds. The first-order valence-corrected chi connectivity index (χ1v) is 27.1. The summed E-state index contributed by atoms with van der Waals surface area (Å²) < 4.78 is 24.7. The number of rotatable bonds is 3. The first-order chi connectivity index (χ1) is 19.2. The van der Waals surface area contributed by atoms with Gasteiger partial charge in [0.1, 0.15) is 0 Å². The Bertz CT molecular complexity index is 2140. The van der Waals surface area contributed by atoms with Gasteiger partial charge < -0.3 is 0 Å². The van der Waals surface area contributed by atoms with E-state index >= 15 is 0 Å². The zero-order valence-corrected chi connectivity index (χ0v) is 37.1. The Labute approximate surface area is 282 Å². The van der Waals surface area contributed by atoms with E-state index in [-0.39, 0.29) is 0 Å². The molecule has 8 aromatic rings. The Morgan fingerprint density at radius 1 is 0.300 bits per heavy atom. The van der Waals surface area contributed by atoms with Crippen LogP contribution in [-0.4, -0.2) is 116 Å². The minimum atomic E-state index is 0.485. The van der Waals surface area contributed by atoms with Gasteiger partial charge in [0, 0.05) is 0 Å². The number of hydrogen-bond acceptors (Lipinski definition) is 0. The van der Waals surface area contributed by atoms with E-state index in [0.717, 1.165) is 0 Å². The minimum absolute atomic E-state index is 0.485. The van der Waals surface area contributed by atoms with Crippen LogP contribution in [0.2, 0.25) is 0 Å². The van der Waals surface area contributed by atoms with Gasteiger partial charge in [0.05, 0.1) is 0 Å². The van der Waals surface area contributed by atoms with Crippen LogP contribution in [0.25, 0.3) is 60.7 Å². The van der Waals surface area contributed by atoms with Gasteiger partial charge in [-0.05, 0) is 0 Å². The Morgan fingerprint density at radius 3 is 0.775 bits per heavy atom. The fourth-order valence-corrected chi connectivity index (χ4v) is 34.1. The Balaban J connectivity index is 1.25. The molecule has 40 heavy (non-hydrogen) atoms. The van der Waals surface area contributed by atoms with E-state index in [1.807, 2.05) is 0 Å². The zero-order chi connectivity index (χ0) is 27.8.